The molecule has 0 spiro atoms. The molecule has 0 radical (unpaired) electrons. The van der Waals surface area contributed by atoms with E-state index in [1.807, 2.05) is 12.1 Å². The average molecular weight is 377 g/mol. The maximum absolute atomic E-state index is 13.0. The van der Waals surface area contributed by atoms with E-state index in [0.717, 1.165) is 16.8 Å². The van der Waals surface area contributed by atoms with Gasteiger partial charge in [0, 0.05) is 24.2 Å². The maximum Gasteiger partial charge on any atom is 0.242 e. The van der Waals surface area contributed by atoms with Crippen LogP contribution in [0.3, 0.4) is 0 Å². The van der Waals surface area contributed by atoms with Crippen molar-refractivity contribution in [3.8, 4) is 16.8 Å². The van der Waals surface area contributed by atoms with Crippen molar-refractivity contribution >= 4 is 5.91 Å². The normalized spacial score (nSPS) is 10.8. The van der Waals surface area contributed by atoms with Gasteiger partial charge in [-0.25, -0.2) is 9.07 Å². The highest BCUT2D eigenvalue weighted by Gasteiger charge is 2.08. The number of rotatable bonds is 6. The van der Waals surface area contributed by atoms with Crippen molar-refractivity contribution in [2.45, 2.75) is 13.1 Å². The van der Waals surface area contributed by atoms with Crippen LogP contribution < -0.4 is 5.32 Å². The number of hydrogen-bond donors (Lipinski definition) is 1. The first kappa shape index (κ1) is 17.5. The van der Waals surface area contributed by atoms with Crippen LogP contribution in [0.25, 0.3) is 16.8 Å². The molecule has 0 aliphatic heterocycles. The molecule has 0 saturated heterocycles. The smallest absolute Gasteiger partial charge is 0.242 e. The summed E-state index contributed by atoms with van der Waals surface area (Å²) in [4.78, 5) is 16.1. The van der Waals surface area contributed by atoms with Gasteiger partial charge in [-0.2, -0.15) is 5.10 Å². The van der Waals surface area contributed by atoms with Crippen LogP contribution in [0.2, 0.25) is 0 Å². The Morgan fingerprint density at radius 2 is 1.82 bits per heavy atom. The van der Waals surface area contributed by atoms with E-state index in [9.17, 15) is 9.18 Å². The second-order valence-corrected chi connectivity index (χ2v) is 6.07. The first-order valence-electron chi connectivity index (χ1n) is 8.54. The number of halogens is 1. The zero-order valence-electron chi connectivity index (χ0n) is 14.7. The summed E-state index contributed by atoms with van der Waals surface area (Å²) in [6.07, 6.45) is 8.47. The third kappa shape index (κ3) is 4.09. The van der Waals surface area contributed by atoms with Crippen molar-refractivity contribution in [1.29, 1.82) is 0 Å². The minimum absolute atomic E-state index is 0.0691. The minimum Gasteiger partial charge on any atom is -0.349 e. The lowest BCUT2D eigenvalue weighted by Gasteiger charge is -2.03. The van der Waals surface area contributed by atoms with Gasteiger partial charge in [-0.15, -0.1) is 5.10 Å². The van der Waals surface area contributed by atoms with Crippen molar-refractivity contribution in [2.24, 2.45) is 0 Å². The van der Waals surface area contributed by atoms with Gasteiger partial charge in [0.25, 0.3) is 0 Å². The molecule has 1 N–H and O–H groups in total. The Balaban J connectivity index is 1.33. The second-order valence-electron chi connectivity index (χ2n) is 6.07. The van der Waals surface area contributed by atoms with Crippen molar-refractivity contribution in [3.63, 3.8) is 0 Å². The molecule has 0 aliphatic rings. The Morgan fingerprint density at radius 1 is 1.04 bits per heavy atom. The van der Waals surface area contributed by atoms with Crippen LogP contribution in [0.5, 0.6) is 0 Å². The van der Waals surface area contributed by atoms with E-state index in [1.54, 1.807) is 47.8 Å². The maximum atomic E-state index is 13.0. The molecule has 0 atom stereocenters. The SMILES string of the molecule is O=C(Cn1cc(-c2ccc(F)cc2)cn1)NCc1cn(-c2ccncc2)nn1. The number of amides is 1. The Bertz CT molecular complexity index is 1070. The van der Waals surface area contributed by atoms with Gasteiger partial charge < -0.3 is 5.32 Å². The van der Waals surface area contributed by atoms with Gasteiger partial charge in [0.2, 0.25) is 5.91 Å². The average Bonchev–Trinajstić information content (AvgIpc) is 3.37. The van der Waals surface area contributed by atoms with E-state index in [4.69, 9.17) is 0 Å². The molecule has 0 fully saturated rings. The van der Waals surface area contributed by atoms with Crippen LogP contribution in [-0.2, 0) is 17.9 Å². The van der Waals surface area contributed by atoms with Gasteiger partial charge in [-0.1, -0.05) is 17.3 Å². The lowest BCUT2D eigenvalue weighted by Crippen LogP contribution is -2.27. The number of carbonyl (C=O) groups is 1. The quantitative estimate of drug-likeness (QED) is 0.555. The number of pyridine rings is 1. The molecule has 140 valence electrons. The second kappa shape index (κ2) is 7.78. The van der Waals surface area contributed by atoms with E-state index >= 15 is 0 Å². The van der Waals surface area contributed by atoms with Gasteiger partial charge in [-0.3, -0.25) is 14.5 Å². The van der Waals surface area contributed by atoms with Gasteiger partial charge >= 0.3 is 0 Å². The summed E-state index contributed by atoms with van der Waals surface area (Å²) in [5, 5.41) is 15.1. The van der Waals surface area contributed by atoms with E-state index in [2.05, 4.69) is 25.7 Å². The number of hydrogen-bond acceptors (Lipinski definition) is 5. The van der Waals surface area contributed by atoms with Crippen molar-refractivity contribution < 1.29 is 9.18 Å². The Hall–Kier alpha value is -3.88. The molecule has 1 aromatic carbocycles. The fourth-order valence-electron chi connectivity index (χ4n) is 2.64. The third-order valence-corrected chi connectivity index (χ3v) is 4.05. The predicted octanol–water partition coefficient (Wildman–Crippen LogP) is 1.98. The zero-order chi connectivity index (χ0) is 19.3. The van der Waals surface area contributed by atoms with Gasteiger partial charge in [0.1, 0.15) is 18.1 Å². The van der Waals surface area contributed by atoms with Gasteiger partial charge in [-0.05, 0) is 29.8 Å². The lowest BCUT2D eigenvalue weighted by atomic mass is 10.1. The fourth-order valence-corrected chi connectivity index (χ4v) is 2.64. The molecule has 28 heavy (non-hydrogen) atoms. The molecule has 0 unspecified atom stereocenters. The summed E-state index contributed by atoms with van der Waals surface area (Å²) < 4.78 is 16.2. The molecular weight excluding hydrogens is 361 g/mol. The molecule has 9 heteroatoms. The first-order chi connectivity index (χ1) is 13.7. The summed E-state index contributed by atoms with van der Waals surface area (Å²) in [5.74, 6) is -0.497. The predicted molar refractivity (Wildman–Crippen MR) is 98.6 cm³/mol. The highest BCUT2D eigenvalue weighted by molar-refractivity contribution is 5.75. The van der Waals surface area contributed by atoms with Crippen molar-refractivity contribution in [3.05, 3.63) is 78.9 Å². The molecule has 0 saturated carbocycles. The number of carbonyl (C=O) groups excluding carboxylic acids is 1. The lowest BCUT2D eigenvalue weighted by molar-refractivity contribution is -0.122. The molecule has 3 aromatic heterocycles. The number of aromatic nitrogens is 6. The largest absolute Gasteiger partial charge is 0.349 e. The topological polar surface area (TPSA) is 90.5 Å². The molecule has 8 nitrogen and oxygen atoms in total. The van der Waals surface area contributed by atoms with Crippen LogP contribution in [-0.4, -0.2) is 35.7 Å². The minimum atomic E-state index is -0.295. The fraction of sp³-hybridized carbons (Fsp3) is 0.105. The zero-order valence-corrected chi connectivity index (χ0v) is 14.7. The van der Waals surface area contributed by atoms with Crippen LogP contribution in [0.1, 0.15) is 5.69 Å². The molecule has 4 aromatic rings. The highest BCUT2D eigenvalue weighted by atomic mass is 19.1. The van der Waals surface area contributed by atoms with E-state index < -0.39 is 0 Å². The van der Waals surface area contributed by atoms with Crippen LogP contribution >= 0.6 is 0 Å². The third-order valence-electron chi connectivity index (χ3n) is 4.05. The highest BCUT2D eigenvalue weighted by Crippen LogP contribution is 2.18. The van der Waals surface area contributed by atoms with Crippen molar-refractivity contribution in [2.75, 3.05) is 0 Å². The van der Waals surface area contributed by atoms with Crippen LogP contribution in [0.15, 0.2) is 67.4 Å². The standard InChI is InChI=1S/C19H16FN7O/c20-16-3-1-14(2-4-16)15-9-23-26(11-15)13-19(28)22-10-17-12-27(25-24-17)18-5-7-21-8-6-18/h1-9,11-12H,10,13H2,(H,22,28). The van der Waals surface area contributed by atoms with Gasteiger partial charge in [0.15, 0.2) is 0 Å². The summed E-state index contributed by atoms with van der Waals surface area (Å²) in [6, 6.07) is 9.74. The molecular formula is C19H16FN7O. The van der Waals surface area contributed by atoms with E-state index in [1.165, 1.54) is 16.8 Å². The first-order valence-corrected chi connectivity index (χ1v) is 8.54. The summed E-state index contributed by atoms with van der Waals surface area (Å²) in [7, 11) is 0. The molecule has 1 amide bonds. The molecule has 4 rings (SSSR count). The Labute approximate surface area is 159 Å². The van der Waals surface area contributed by atoms with E-state index in [-0.39, 0.29) is 24.8 Å². The molecule has 0 bridgehead atoms. The van der Waals surface area contributed by atoms with Crippen LogP contribution in [0.4, 0.5) is 4.39 Å². The number of nitrogens with zero attached hydrogens (tertiary/aromatic N) is 6. The summed E-state index contributed by atoms with van der Waals surface area (Å²) >= 11 is 0. The number of nitrogens with one attached hydrogen (secondary N) is 1. The van der Waals surface area contributed by atoms with Crippen molar-refractivity contribution in [1.82, 2.24) is 35.1 Å². The Morgan fingerprint density at radius 3 is 2.61 bits per heavy atom. The Kier molecular flexibility index (Phi) is 4.87. The number of benzene rings is 1. The summed E-state index contributed by atoms with van der Waals surface area (Å²) in [5.41, 5.74) is 3.12. The molecule has 0 aliphatic carbocycles. The van der Waals surface area contributed by atoms with Crippen LogP contribution in [0, 0.1) is 5.82 Å². The molecule has 3 heterocycles. The monoisotopic (exact) mass is 377 g/mol. The summed E-state index contributed by atoms with van der Waals surface area (Å²) in [6.45, 7) is 0.329. The van der Waals surface area contributed by atoms with E-state index in [0.29, 0.717) is 5.69 Å². The van der Waals surface area contributed by atoms with Gasteiger partial charge in [0.05, 0.1) is 24.6 Å².